The number of hydrogen-bond donors (Lipinski definition) is 1. The first-order valence-corrected chi connectivity index (χ1v) is 4.19. The second-order valence-electron chi connectivity index (χ2n) is 2.56. The summed E-state index contributed by atoms with van der Waals surface area (Å²) in [6.45, 7) is 6.63. The van der Waals surface area contributed by atoms with Gasteiger partial charge in [-0.05, 0) is 13.8 Å². The topological polar surface area (TPSA) is 72.8 Å². The van der Waals surface area contributed by atoms with Gasteiger partial charge in [-0.3, -0.25) is 0 Å². The maximum absolute atomic E-state index is 10.6. The zero-order valence-electron chi connectivity index (χ0n) is 9.10. The summed E-state index contributed by atoms with van der Waals surface area (Å²) in [5.41, 5.74) is 0. The molecule has 0 aromatic carbocycles. The molecule has 0 amide bonds. The molecular weight excluding hydrogens is 200 g/mol. The molecule has 0 rings (SSSR count). The SMILES string of the molecule is C=COC.CC(C)OC(=O)C=CC(=O)O. The highest BCUT2D eigenvalue weighted by Crippen LogP contribution is 1.89. The van der Waals surface area contributed by atoms with Crippen LogP contribution in [0.15, 0.2) is 25.0 Å². The van der Waals surface area contributed by atoms with Crippen LogP contribution in [0.2, 0.25) is 0 Å². The molecule has 0 heterocycles. The van der Waals surface area contributed by atoms with Gasteiger partial charge in [-0.1, -0.05) is 6.58 Å². The standard InChI is InChI=1S/C7H10O4.C3H6O/c1-5(2)11-7(10)4-3-6(8)9;1-3-4-2/h3-5H,1-2H3,(H,8,9);3H,1H2,2H3. The van der Waals surface area contributed by atoms with E-state index < -0.39 is 11.9 Å². The molecule has 0 aromatic heterocycles. The number of carbonyl (C=O) groups is 2. The lowest BCUT2D eigenvalue weighted by atomic mass is 10.4. The van der Waals surface area contributed by atoms with Gasteiger partial charge in [0.25, 0.3) is 0 Å². The maximum atomic E-state index is 10.6. The van der Waals surface area contributed by atoms with Gasteiger partial charge in [0.15, 0.2) is 0 Å². The van der Waals surface area contributed by atoms with Gasteiger partial charge >= 0.3 is 11.9 Å². The van der Waals surface area contributed by atoms with E-state index in [1.54, 1.807) is 21.0 Å². The van der Waals surface area contributed by atoms with Crippen LogP contribution in [-0.2, 0) is 19.1 Å². The van der Waals surface area contributed by atoms with Gasteiger partial charge in [-0.25, -0.2) is 9.59 Å². The van der Waals surface area contributed by atoms with Gasteiger partial charge in [0.1, 0.15) is 0 Å². The Morgan fingerprint density at radius 1 is 1.33 bits per heavy atom. The molecule has 0 spiro atoms. The van der Waals surface area contributed by atoms with E-state index in [0.717, 1.165) is 12.2 Å². The minimum absolute atomic E-state index is 0.221. The molecule has 0 radical (unpaired) electrons. The fourth-order valence-electron chi connectivity index (χ4n) is 0.411. The molecule has 1 N–H and O–H groups in total. The quantitative estimate of drug-likeness (QED) is 0.436. The van der Waals surface area contributed by atoms with Crippen LogP contribution in [0.5, 0.6) is 0 Å². The van der Waals surface area contributed by atoms with Crippen molar-refractivity contribution in [2.75, 3.05) is 7.11 Å². The Morgan fingerprint density at radius 2 is 1.80 bits per heavy atom. The lowest BCUT2D eigenvalue weighted by molar-refractivity contribution is -0.142. The molecular formula is C10H16O5. The highest BCUT2D eigenvalue weighted by molar-refractivity contribution is 5.90. The normalized spacial score (nSPS) is 9.07. The largest absolute Gasteiger partial charge is 0.505 e. The Kier molecular flexibility index (Phi) is 10.8. The number of hydrogen-bond acceptors (Lipinski definition) is 4. The van der Waals surface area contributed by atoms with E-state index in [0.29, 0.717) is 0 Å². The van der Waals surface area contributed by atoms with Crippen molar-refractivity contribution in [3.05, 3.63) is 25.0 Å². The van der Waals surface area contributed by atoms with Crippen LogP contribution in [0.4, 0.5) is 0 Å². The minimum atomic E-state index is -1.16. The summed E-state index contributed by atoms with van der Waals surface area (Å²) >= 11 is 0. The third-order valence-corrected chi connectivity index (χ3v) is 0.881. The van der Waals surface area contributed by atoms with Crippen molar-refractivity contribution >= 4 is 11.9 Å². The average molecular weight is 216 g/mol. The van der Waals surface area contributed by atoms with Gasteiger partial charge in [0.05, 0.1) is 19.5 Å². The predicted molar refractivity (Wildman–Crippen MR) is 55.2 cm³/mol. The van der Waals surface area contributed by atoms with Crippen molar-refractivity contribution in [2.45, 2.75) is 20.0 Å². The van der Waals surface area contributed by atoms with E-state index in [1.807, 2.05) is 0 Å². The lowest BCUT2D eigenvalue weighted by Gasteiger charge is -2.02. The Bertz CT molecular complexity index is 230. The second kappa shape index (κ2) is 10.3. The zero-order chi connectivity index (χ0) is 12.3. The fourth-order valence-corrected chi connectivity index (χ4v) is 0.411. The summed E-state index contributed by atoms with van der Waals surface area (Å²) in [7, 11) is 1.56. The first-order valence-electron chi connectivity index (χ1n) is 4.19. The molecule has 0 aliphatic carbocycles. The zero-order valence-corrected chi connectivity index (χ0v) is 9.10. The summed E-state index contributed by atoms with van der Waals surface area (Å²) in [5, 5.41) is 8.10. The molecule has 86 valence electrons. The summed E-state index contributed by atoms with van der Waals surface area (Å²) in [5.74, 6) is -1.80. The third-order valence-electron chi connectivity index (χ3n) is 0.881. The molecule has 0 aromatic rings. The van der Waals surface area contributed by atoms with Crippen molar-refractivity contribution < 1.29 is 24.2 Å². The van der Waals surface area contributed by atoms with Crippen molar-refractivity contribution in [3.8, 4) is 0 Å². The third kappa shape index (κ3) is 18.9. The van der Waals surface area contributed by atoms with Crippen LogP contribution in [-0.4, -0.2) is 30.3 Å². The van der Waals surface area contributed by atoms with Crippen LogP contribution in [0.1, 0.15) is 13.8 Å². The van der Waals surface area contributed by atoms with Crippen LogP contribution in [0, 0.1) is 0 Å². The number of rotatable bonds is 4. The molecule has 0 bridgehead atoms. The maximum Gasteiger partial charge on any atom is 0.331 e. The first kappa shape index (κ1) is 15.7. The molecule has 0 aliphatic heterocycles. The molecule has 0 saturated heterocycles. The van der Waals surface area contributed by atoms with E-state index in [9.17, 15) is 9.59 Å². The van der Waals surface area contributed by atoms with Crippen LogP contribution in [0.25, 0.3) is 0 Å². The van der Waals surface area contributed by atoms with Crippen molar-refractivity contribution in [2.24, 2.45) is 0 Å². The molecule has 0 atom stereocenters. The molecule has 0 aliphatic rings. The second-order valence-corrected chi connectivity index (χ2v) is 2.56. The van der Waals surface area contributed by atoms with E-state index in [-0.39, 0.29) is 6.10 Å². The van der Waals surface area contributed by atoms with Crippen LogP contribution in [0.3, 0.4) is 0 Å². The van der Waals surface area contributed by atoms with E-state index in [1.165, 1.54) is 6.26 Å². The minimum Gasteiger partial charge on any atom is -0.505 e. The monoisotopic (exact) mass is 216 g/mol. The molecule has 5 nitrogen and oxygen atoms in total. The van der Waals surface area contributed by atoms with Crippen LogP contribution < -0.4 is 0 Å². The Morgan fingerprint density at radius 3 is 2.07 bits per heavy atom. The summed E-state index contributed by atoms with van der Waals surface area (Å²) in [6.07, 6.45) is 2.77. The Labute approximate surface area is 89.0 Å². The first-order chi connectivity index (χ1) is 6.93. The van der Waals surface area contributed by atoms with Crippen molar-refractivity contribution in [1.29, 1.82) is 0 Å². The Balaban J connectivity index is 0. The fraction of sp³-hybridized carbons (Fsp3) is 0.400. The van der Waals surface area contributed by atoms with E-state index >= 15 is 0 Å². The smallest absolute Gasteiger partial charge is 0.331 e. The van der Waals surface area contributed by atoms with E-state index in [2.05, 4.69) is 16.1 Å². The predicted octanol–water partition coefficient (Wildman–Crippen LogP) is 1.36. The molecule has 0 saturated carbocycles. The van der Waals surface area contributed by atoms with Crippen LogP contribution >= 0.6 is 0 Å². The van der Waals surface area contributed by atoms with E-state index in [4.69, 9.17) is 5.11 Å². The number of carboxylic acid groups (broad SMARTS) is 1. The van der Waals surface area contributed by atoms with Crippen molar-refractivity contribution in [1.82, 2.24) is 0 Å². The molecule has 5 heteroatoms. The lowest BCUT2D eigenvalue weighted by Crippen LogP contribution is -2.08. The number of ether oxygens (including phenoxy) is 2. The summed E-state index contributed by atoms with van der Waals surface area (Å²) in [6, 6.07) is 0. The summed E-state index contributed by atoms with van der Waals surface area (Å²) in [4.78, 5) is 20.5. The summed E-state index contributed by atoms with van der Waals surface area (Å²) < 4.78 is 8.92. The Hall–Kier alpha value is -1.78. The van der Waals surface area contributed by atoms with Crippen molar-refractivity contribution in [3.63, 3.8) is 0 Å². The van der Waals surface area contributed by atoms with Gasteiger partial charge in [0, 0.05) is 12.2 Å². The number of esters is 1. The molecule has 0 unspecified atom stereocenters. The number of carboxylic acids is 1. The van der Waals surface area contributed by atoms with Gasteiger partial charge in [-0.2, -0.15) is 0 Å². The highest BCUT2D eigenvalue weighted by atomic mass is 16.5. The van der Waals surface area contributed by atoms with Gasteiger partial charge in [-0.15, -0.1) is 0 Å². The highest BCUT2D eigenvalue weighted by Gasteiger charge is 1.99. The van der Waals surface area contributed by atoms with Gasteiger partial charge < -0.3 is 14.6 Å². The number of methoxy groups -OCH3 is 1. The molecule has 0 fully saturated rings. The average Bonchev–Trinajstić information content (AvgIpc) is 2.14. The number of carbonyl (C=O) groups excluding carboxylic acids is 1. The van der Waals surface area contributed by atoms with Gasteiger partial charge in [0.2, 0.25) is 0 Å². The number of aliphatic carboxylic acids is 1. The molecule has 15 heavy (non-hydrogen) atoms.